The summed E-state index contributed by atoms with van der Waals surface area (Å²) in [6.07, 6.45) is 5.01. The van der Waals surface area contributed by atoms with Crippen LogP contribution in [0.4, 0.5) is 0 Å². The van der Waals surface area contributed by atoms with E-state index in [-0.39, 0.29) is 24.0 Å². The number of hydrogen-bond acceptors (Lipinski definition) is 3. The minimum Gasteiger partial charge on any atom is -0.356 e. The first kappa shape index (κ1) is 22.0. The first-order chi connectivity index (χ1) is 11.1. The zero-order chi connectivity index (χ0) is 16.7. The molecule has 0 aromatic heterocycles. The van der Waals surface area contributed by atoms with Crippen LogP contribution in [0.5, 0.6) is 0 Å². The lowest BCUT2D eigenvalue weighted by Gasteiger charge is -2.35. The Hall–Kier alpha value is -0.0800. The lowest BCUT2D eigenvalue weighted by Crippen LogP contribution is -2.50. The number of hydrogen-bond donors (Lipinski definition) is 2. The molecule has 0 radical (unpaired) electrons. The van der Waals surface area contributed by atoms with Crippen LogP contribution in [0, 0.1) is 5.92 Å². The predicted octanol–water partition coefficient (Wildman–Crippen LogP) is 2.37. The van der Waals surface area contributed by atoms with Crippen LogP contribution < -0.4 is 10.6 Å². The molecule has 2 aliphatic heterocycles. The quantitative estimate of drug-likeness (QED) is 0.370. The zero-order valence-corrected chi connectivity index (χ0v) is 18.4. The largest absolute Gasteiger partial charge is 0.356 e. The van der Waals surface area contributed by atoms with Crippen LogP contribution in [0.3, 0.4) is 0 Å². The average Bonchev–Trinajstić information content (AvgIpc) is 3.00. The van der Waals surface area contributed by atoms with E-state index in [0.29, 0.717) is 12.1 Å². The van der Waals surface area contributed by atoms with Crippen molar-refractivity contribution in [1.29, 1.82) is 0 Å². The molecule has 2 rings (SSSR count). The van der Waals surface area contributed by atoms with Crippen molar-refractivity contribution in [2.45, 2.75) is 58.5 Å². The summed E-state index contributed by atoms with van der Waals surface area (Å²) in [7, 11) is 1.89. The maximum atomic E-state index is 4.42. The number of piperidine rings is 1. The normalized spacial score (nSPS) is 24.2. The topological polar surface area (TPSA) is 42.9 Å². The van der Waals surface area contributed by atoms with Gasteiger partial charge in [0.25, 0.3) is 0 Å². The number of aliphatic imine (C=N–C) groups is 1. The molecule has 0 saturated carbocycles. The van der Waals surface area contributed by atoms with Crippen LogP contribution in [0.15, 0.2) is 4.99 Å². The number of nitrogens with one attached hydrogen (secondary N) is 2. The molecule has 0 aliphatic carbocycles. The Morgan fingerprint density at radius 1 is 1.17 bits per heavy atom. The highest BCUT2D eigenvalue weighted by molar-refractivity contribution is 14.0. The summed E-state index contributed by atoms with van der Waals surface area (Å²) in [5, 5.41) is 7.18. The van der Waals surface area contributed by atoms with Crippen LogP contribution in [0.25, 0.3) is 0 Å². The van der Waals surface area contributed by atoms with Gasteiger partial charge in [0.05, 0.1) is 0 Å². The molecular formula is C18H38IN5. The van der Waals surface area contributed by atoms with E-state index >= 15 is 0 Å². The molecule has 1 atom stereocenters. The number of guanidine groups is 1. The van der Waals surface area contributed by atoms with Gasteiger partial charge in [-0.1, -0.05) is 6.92 Å². The van der Waals surface area contributed by atoms with Crippen LogP contribution >= 0.6 is 24.0 Å². The molecule has 0 spiro atoms. The Morgan fingerprint density at radius 2 is 1.88 bits per heavy atom. The van der Waals surface area contributed by atoms with Crippen molar-refractivity contribution in [3.8, 4) is 0 Å². The molecule has 0 aromatic rings. The van der Waals surface area contributed by atoms with Crippen molar-refractivity contribution in [3.63, 3.8) is 0 Å². The molecule has 2 aliphatic rings. The van der Waals surface area contributed by atoms with Gasteiger partial charge in [-0.15, -0.1) is 24.0 Å². The second-order valence-corrected chi connectivity index (χ2v) is 7.46. The summed E-state index contributed by atoms with van der Waals surface area (Å²) in [5.41, 5.74) is 0. The standard InChI is InChI=1S/C18H37N5.HI/c1-5-9-22-10-6-16(14-22)13-20-18(19-4)21-17-7-11-23(12-8-17)15(2)3;/h15-17H,5-14H2,1-4H3,(H2,19,20,21);1H. The molecule has 24 heavy (non-hydrogen) atoms. The van der Waals surface area contributed by atoms with Gasteiger partial charge in [-0.05, 0) is 58.5 Å². The Morgan fingerprint density at radius 3 is 2.46 bits per heavy atom. The van der Waals surface area contributed by atoms with E-state index < -0.39 is 0 Å². The highest BCUT2D eigenvalue weighted by atomic mass is 127. The van der Waals surface area contributed by atoms with Crippen molar-refractivity contribution in [2.24, 2.45) is 10.9 Å². The van der Waals surface area contributed by atoms with E-state index in [9.17, 15) is 0 Å². The van der Waals surface area contributed by atoms with Gasteiger partial charge in [0.15, 0.2) is 5.96 Å². The third kappa shape index (κ3) is 7.04. The molecular weight excluding hydrogens is 413 g/mol. The van der Waals surface area contributed by atoms with Crippen molar-refractivity contribution >= 4 is 29.9 Å². The highest BCUT2D eigenvalue weighted by Crippen LogP contribution is 2.15. The number of halogens is 1. The van der Waals surface area contributed by atoms with Crippen molar-refractivity contribution in [2.75, 3.05) is 46.3 Å². The molecule has 0 aromatic carbocycles. The summed E-state index contributed by atoms with van der Waals surface area (Å²) in [6, 6.07) is 1.23. The Labute approximate surface area is 166 Å². The molecule has 0 bridgehead atoms. The zero-order valence-electron chi connectivity index (χ0n) is 16.1. The van der Waals surface area contributed by atoms with Gasteiger partial charge in [0, 0.05) is 45.3 Å². The summed E-state index contributed by atoms with van der Waals surface area (Å²) < 4.78 is 0. The Bertz CT molecular complexity index is 366. The fourth-order valence-corrected chi connectivity index (χ4v) is 3.79. The van der Waals surface area contributed by atoms with Crippen LogP contribution in [-0.4, -0.2) is 74.2 Å². The van der Waals surface area contributed by atoms with Crippen molar-refractivity contribution in [1.82, 2.24) is 20.4 Å². The molecule has 6 heteroatoms. The van der Waals surface area contributed by atoms with Gasteiger partial charge in [0.1, 0.15) is 0 Å². The third-order valence-electron chi connectivity index (χ3n) is 5.29. The molecule has 2 fully saturated rings. The van der Waals surface area contributed by atoms with Crippen LogP contribution in [0.2, 0.25) is 0 Å². The Balaban J connectivity index is 0.00000288. The Kier molecular flexibility index (Phi) is 10.5. The molecule has 0 amide bonds. The summed E-state index contributed by atoms with van der Waals surface area (Å²) in [6.45, 7) is 14.0. The maximum absolute atomic E-state index is 4.42. The fraction of sp³-hybridized carbons (Fsp3) is 0.944. The molecule has 2 saturated heterocycles. The van der Waals surface area contributed by atoms with Gasteiger partial charge in [-0.3, -0.25) is 4.99 Å². The fourth-order valence-electron chi connectivity index (χ4n) is 3.79. The molecule has 2 heterocycles. The van der Waals surface area contributed by atoms with Gasteiger partial charge in [-0.25, -0.2) is 0 Å². The lowest BCUT2D eigenvalue weighted by molar-refractivity contribution is 0.167. The van der Waals surface area contributed by atoms with Crippen molar-refractivity contribution in [3.05, 3.63) is 0 Å². The number of nitrogens with zero attached hydrogens (tertiary/aromatic N) is 3. The number of rotatable bonds is 6. The van der Waals surface area contributed by atoms with Gasteiger partial charge in [0.2, 0.25) is 0 Å². The molecule has 2 N–H and O–H groups in total. The van der Waals surface area contributed by atoms with E-state index in [1.54, 1.807) is 0 Å². The summed E-state index contributed by atoms with van der Waals surface area (Å²) in [5.74, 6) is 1.75. The highest BCUT2D eigenvalue weighted by Gasteiger charge is 2.23. The minimum atomic E-state index is 0. The maximum Gasteiger partial charge on any atom is 0.191 e. The lowest BCUT2D eigenvalue weighted by atomic mass is 10.0. The second-order valence-electron chi connectivity index (χ2n) is 7.46. The predicted molar refractivity (Wildman–Crippen MR) is 114 cm³/mol. The average molecular weight is 451 g/mol. The van der Waals surface area contributed by atoms with Crippen LogP contribution in [0.1, 0.15) is 46.5 Å². The van der Waals surface area contributed by atoms with E-state index in [4.69, 9.17) is 0 Å². The molecule has 1 unspecified atom stereocenters. The monoisotopic (exact) mass is 451 g/mol. The SMILES string of the molecule is CCCN1CCC(CNC(=NC)NC2CCN(C(C)C)CC2)C1.I. The summed E-state index contributed by atoms with van der Waals surface area (Å²) >= 11 is 0. The van der Waals surface area contributed by atoms with E-state index in [2.05, 4.69) is 46.2 Å². The molecule has 142 valence electrons. The third-order valence-corrected chi connectivity index (χ3v) is 5.29. The minimum absolute atomic E-state index is 0. The first-order valence-corrected chi connectivity index (χ1v) is 9.56. The summed E-state index contributed by atoms with van der Waals surface area (Å²) in [4.78, 5) is 9.57. The van der Waals surface area contributed by atoms with Crippen molar-refractivity contribution < 1.29 is 0 Å². The van der Waals surface area contributed by atoms with Crippen LogP contribution in [-0.2, 0) is 0 Å². The van der Waals surface area contributed by atoms with E-state index in [1.165, 1.54) is 58.4 Å². The van der Waals surface area contributed by atoms with E-state index in [1.807, 2.05) is 7.05 Å². The first-order valence-electron chi connectivity index (χ1n) is 9.56. The smallest absolute Gasteiger partial charge is 0.191 e. The molecule has 5 nitrogen and oxygen atoms in total. The second kappa shape index (κ2) is 11.5. The van der Waals surface area contributed by atoms with E-state index in [0.717, 1.165) is 18.4 Å². The van der Waals surface area contributed by atoms with Gasteiger partial charge in [-0.2, -0.15) is 0 Å². The van der Waals surface area contributed by atoms with Gasteiger partial charge >= 0.3 is 0 Å². The number of likely N-dealkylation sites (tertiary alicyclic amines) is 2. The van der Waals surface area contributed by atoms with Gasteiger partial charge < -0.3 is 20.4 Å².